The largest absolute Gasteiger partial charge is 0.497 e. The fraction of sp³-hybridized carbons (Fsp3) is 0.524. The number of carbonyl (C=O) groups is 1. The molecule has 1 saturated heterocycles. The molecule has 2 heterocycles. The zero-order chi connectivity index (χ0) is 19.4. The molecule has 1 aromatic carbocycles. The third-order valence-electron chi connectivity index (χ3n) is 5.15. The number of hydrogen-bond donors (Lipinski definition) is 1. The van der Waals surface area contributed by atoms with Gasteiger partial charge < -0.3 is 9.64 Å². The van der Waals surface area contributed by atoms with Crippen LogP contribution in [0.1, 0.15) is 57.7 Å². The van der Waals surface area contributed by atoms with Crippen LogP contribution in [0.25, 0.3) is 0 Å². The fourth-order valence-corrected chi connectivity index (χ4v) is 3.91. The van der Waals surface area contributed by atoms with Crippen LogP contribution in [0.2, 0.25) is 0 Å². The van der Waals surface area contributed by atoms with Crippen LogP contribution in [-0.4, -0.2) is 34.4 Å². The van der Waals surface area contributed by atoms with E-state index in [1.165, 1.54) is 0 Å². The molecule has 3 rings (SSSR count). The maximum atomic E-state index is 13.0. The van der Waals surface area contributed by atoms with Gasteiger partial charge in [-0.3, -0.25) is 5.32 Å². The number of methoxy groups -OCH3 is 1. The van der Waals surface area contributed by atoms with Crippen molar-refractivity contribution in [2.75, 3.05) is 19.0 Å². The summed E-state index contributed by atoms with van der Waals surface area (Å²) in [7, 11) is 1.66. The first-order valence-electron chi connectivity index (χ1n) is 9.74. The molecule has 6 nitrogen and oxygen atoms in total. The van der Waals surface area contributed by atoms with Crippen molar-refractivity contribution in [2.24, 2.45) is 5.92 Å². The molecule has 2 aromatic rings. The summed E-state index contributed by atoms with van der Waals surface area (Å²) in [5.41, 5.74) is 1.14. The average molecular weight is 370 g/mol. The van der Waals surface area contributed by atoms with Crippen LogP contribution in [0.3, 0.4) is 0 Å². The van der Waals surface area contributed by atoms with Gasteiger partial charge in [0, 0.05) is 12.6 Å². The Bertz CT molecular complexity index is 754. The first-order valence-corrected chi connectivity index (χ1v) is 9.74. The van der Waals surface area contributed by atoms with Crippen LogP contribution < -0.4 is 10.1 Å². The van der Waals surface area contributed by atoms with E-state index in [1.807, 2.05) is 39.9 Å². The normalized spacial score (nSPS) is 18.0. The SMILES string of the molecule is COc1ccc([C@@H]2CCCN2C(=O)Nc2ccnn2[C@H](C)CC(C)C)cc1. The molecule has 1 N–H and O–H groups in total. The van der Waals surface area contributed by atoms with Crippen LogP contribution in [0.15, 0.2) is 36.5 Å². The average Bonchev–Trinajstić information content (AvgIpc) is 3.30. The molecule has 0 spiro atoms. The third kappa shape index (κ3) is 4.43. The molecule has 2 atom stereocenters. The molecule has 0 bridgehead atoms. The van der Waals surface area contributed by atoms with E-state index in [0.29, 0.717) is 5.92 Å². The van der Waals surface area contributed by atoms with Crippen LogP contribution in [0.4, 0.5) is 10.6 Å². The lowest BCUT2D eigenvalue weighted by atomic mass is 10.0. The summed E-state index contributed by atoms with van der Waals surface area (Å²) in [4.78, 5) is 14.9. The van der Waals surface area contributed by atoms with Gasteiger partial charge in [0.05, 0.1) is 25.4 Å². The molecular weight excluding hydrogens is 340 g/mol. The van der Waals surface area contributed by atoms with Gasteiger partial charge >= 0.3 is 6.03 Å². The number of amides is 2. The second kappa shape index (κ2) is 8.46. The summed E-state index contributed by atoms with van der Waals surface area (Å²) in [6, 6.07) is 10.1. The first-order chi connectivity index (χ1) is 13.0. The van der Waals surface area contributed by atoms with Gasteiger partial charge in [-0.2, -0.15) is 5.10 Å². The molecule has 146 valence electrons. The number of aromatic nitrogens is 2. The van der Waals surface area contributed by atoms with E-state index >= 15 is 0 Å². The number of nitrogens with zero attached hydrogens (tertiary/aromatic N) is 3. The number of urea groups is 1. The van der Waals surface area contributed by atoms with Crippen molar-refractivity contribution in [2.45, 2.75) is 52.1 Å². The zero-order valence-corrected chi connectivity index (χ0v) is 16.7. The van der Waals surface area contributed by atoms with Gasteiger partial charge in [0.2, 0.25) is 0 Å². The summed E-state index contributed by atoms with van der Waals surface area (Å²) in [6.07, 6.45) is 4.75. The molecule has 0 saturated carbocycles. The molecular formula is C21H30N4O2. The van der Waals surface area contributed by atoms with Crippen molar-refractivity contribution in [3.63, 3.8) is 0 Å². The van der Waals surface area contributed by atoms with E-state index in [-0.39, 0.29) is 18.1 Å². The smallest absolute Gasteiger partial charge is 0.323 e. The van der Waals surface area contributed by atoms with Crippen molar-refractivity contribution in [3.05, 3.63) is 42.1 Å². The summed E-state index contributed by atoms with van der Waals surface area (Å²) in [6.45, 7) is 7.29. The second-order valence-electron chi connectivity index (χ2n) is 7.69. The number of hydrogen-bond acceptors (Lipinski definition) is 3. The van der Waals surface area contributed by atoms with E-state index in [4.69, 9.17) is 4.74 Å². The summed E-state index contributed by atoms with van der Waals surface area (Å²) < 4.78 is 7.15. The minimum atomic E-state index is -0.0631. The number of carbonyl (C=O) groups excluding carboxylic acids is 1. The predicted octanol–water partition coefficient (Wildman–Crippen LogP) is 4.87. The molecule has 1 aliphatic heterocycles. The summed E-state index contributed by atoms with van der Waals surface area (Å²) in [5, 5.41) is 7.49. The number of benzene rings is 1. The molecule has 6 heteroatoms. The van der Waals surface area contributed by atoms with Crippen molar-refractivity contribution in [1.82, 2.24) is 14.7 Å². The number of likely N-dealkylation sites (tertiary alicyclic amines) is 1. The number of rotatable bonds is 6. The van der Waals surface area contributed by atoms with Crippen LogP contribution in [0.5, 0.6) is 5.75 Å². The highest BCUT2D eigenvalue weighted by molar-refractivity contribution is 5.89. The Balaban J connectivity index is 1.71. The second-order valence-corrected chi connectivity index (χ2v) is 7.69. The van der Waals surface area contributed by atoms with Gasteiger partial charge in [0.15, 0.2) is 0 Å². The minimum absolute atomic E-state index is 0.0631. The standard InChI is InChI=1S/C21H30N4O2/c1-15(2)14-16(3)25-20(11-12-22-25)23-21(26)24-13-5-6-19(24)17-7-9-18(27-4)10-8-17/h7-12,15-16,19H,5-6,13-14H2,1-4H3,(H,23,26)/t16-,19+/m1/s1. The van der Waals surface area contributed by atoms with Crippen molar-refractivity contribution >= 4 is 11.8 Å². The number of nitrogens with one attached hydrogen (secondary N) is 1. The monoisotopic (exact) mass is 370 g/mol. The fourth-order valence-electron chi connectivity index (χ4n) is 3.91. The Morgan fingerprint density at radius 2 is 2.00 bits per heavy atom. The van der Waals surface area contributed by atoms with Crippen molar-refractivity contribution in [3.8, 4) is 5.75 Å². The van der Waals surface area contributed by atoms with Crippen molar-refractivity contribution < 1.29 is 9.53 Å². The Hall–Kier alpha value is -2.50. The first kappa shape index (κ1) is 19.3. The van der Waals surface area contributed by atoms with Gasteiger partial charge in [-0.05, 0) is 49.8 Å². The van der Waals surface area contributed by atoms with E-state index in [1.54, 1.807) is 13.3 Å². The number of ether oxygens (including phenoxy) is 1. The predicted molar refractivity (Wildman–Crippen MR) is 107 cm³/mol. The zero-order valence-electron chi connectivity index (χ0n) is 16.7. The Kier molecular flexibility index (Phi) is 6.04. The maximum absolute atomic E-state index is 13.0. The quantitative estimate of drug-likeness (QED) is 0.789. The molecule has 0 radical (unpaired) electrons. The van der Waals surface area contributed by atoms with Gasteiger partial charge in [0.25, 0.3) is 0 Å². The lowest BCUT2D eigenvalue weighted by Crippen LogP contribution is -2.35. The molecule has 0 aliphatic carbocycles. The highest BCUT2D eigenvalue weighted by Gasteiger charge is 2.30. The van der Waals surface area contributed by atoms with Crippen LogP contribution in [0, 0.1) is 5.92 Å². The highest BCUT2D eigenvalue weighted by atomic mass is 16.5. The van der Waals surface area contributed by atoms with E-state index in [0.717, 1.165) is 42.9 Å². The van der Waals surface area contributed by atoms with Gasteiger partial charge in [-0.15, -0.1) is 0 Å². The number of anilines is 1. The molecule has 2 amide bonds. The topological polar surface area (TPSA) is 59.4 Å². The van der Waals surface area contributed by atoms with Crippen molar-refractivity contribution in [1.29, 1.82) is 0 Å². The van der Waals surface area contributed by atoms with Crippen LogP contribution >= 0.6 is 0 Å². The van der Waals surface area contributed by atoms with E-state index in [9.17, 15) is 4.79 Å². The molecule has 1 aromatic heterocycles. The van der Waals surface area contributed by atoms with Gasteiger partial charge in [0.1, 0.15) is 11.6 Å². The van der Waals surface area contributed by atoms with Gasteiger partial charge in [-0.1, -0.05) is 26.0 Å². The molecule has 1 aliphatic rings. The van der Waals surface area contributed by atoms with Crippen LogP contribution in [-0.2, 0) is 0 Å². The Morgan fingerprint density at radius 3 is 2.67 bits per heavy atom. The molecule has 0 unspecified atom stereocenters. The van der Waals surface area contributed by atoms with E-state index < -0.39 is 0 Å². The third-order valence-corrected chi connectivity index (χ3v) is 5.15. The lowest BCUT2D eigenvalue weighted by molar-refractivity contribution is 0.206. The van der Waals surface area contributed by atoms with E-state index in [2.05, 4.69) is 31.2 Å². The Labute approximate surface area is 161 Å². The summed E-state index contributed by atoms with van der Waals surface area (Å²) in [5.74, 6) is 2.16. The van der Waals surface area contributed by atoms with Gasteiger partial charge in [-0.25, -0.2) is 9.48 Å². The highest BCUT2D eigenvalue weighted by Crippen LogP contribution is 2.33. The molecule has 27 heavy (non-hydrogen) atoms. The minimum Gasteiger partial charge on any atom is -0.497 e. The molecule has 1 fully saturated rings. The lowest BCUT2D eigenvalue weighted by Gasteiger charge is -2.26. The Morgan fingerprint density at radius 1 is 1.26 bits per heavy atom. The summed E-state index contributed by atoms with van der Waals surface area (Å²) >= 11 is 0. The maximum Gasteiger partial charge on any atom is 0.323 e.